The summed E-state index contributed by atoms with van der Waals surface area (Å²) in [7, 11) is 0. The molecule has 4 heterocycles. The van der Waals surface area contributed by atoms with Crippen LogP contribution in [0.15, 0.2) is 67.1 Å². The topological polar surface area (TPSA) is 83.8 Å². The molecule has 4 aromatic rings. The van der Waals surface area contributed by atoms with E-state index in [4.69, 9.17) is 4.74 Å². The van der Waals surface area contributed by atoms with Crippen LogP contribution in [0.4, 0.5) is 23.7 Å². The summed E-state index contributed by atoms with van der Waals surface area (Å²) in [4.78, 5) is 40.1. The number of amides is 2. The van der Waals surface area contributed by atoms with Gasteiger partial charge in [-0.1, -0.05) is 30.3 Å². The van der Waals surface area contributed by atoms with E-state index < -0.39 is 17.8 Å². The third kappa shape index (κ3) is 5.86. The van der Waals surface area contributed by atoms with Crippen LogP contribution in [0, 0.1) is 0 Å². The first-order chi connectivity index (χ1) is 20.7. The zero-order chi connectivity index (χ0) is 30.1. The van der Waals surface area contributed by atoms with Gasteiger partial charge in [-0.15, -0.1) is 0 Å². The van der Waals surface area contributed by atoms with E-state index in [9.17, 15) is 22.8 Å². The van der Waals surface area contributed by atoms with Gasteiger partial charge in [-0.2, -0.15) is 13.2 Å². The molecule has 12 heteroatoms. The lowest BCUT2D eigenvalue weighted by Gasteiger charge is -2.43. The molecule has 2 amide bonds. The summed E-state index contributed by atoms with van der Waals surface area (Å²) in [6, 6.07) is 15.3. The first-order valence-corrected chi connectivity index (χ1v) is 14.2. The fourth-order valence-corrected chi connectivity index (χ4v) is 5.98. The number of nitrogens with zero attached hydrogens (tertiary/aromatic N) is 6. The number of halogens is 3. The molecule has 43 heavy (non-hydrogen) atoms. The number of carbonyl (C=O) groups is 2. The molecule has 0 saturated carbocycles. The van der Waals surface area contributed by atoms with Gasteiger partial charge in [0.1, 0.15) is 18.7 Å². The molecule has 2 aliphatic heterocycles. The van der Waals surface area contributed by atoms with E-state index >= 15 is 0 Å². The number of hydrogen-bond acceptors (Lipinski definition) is 6. The highest BCUT2D eigenvalue weighted by Gasteiger charge is 2.38. The van der Waals surface area contributed by atoms with Crippen molar-refractivity contribution in [3.8, 4) is 0 Å². The Morgan fingerprint density at radius 3 is 2.56 bits per heavy atom. The number of alkyl halides is 3. The van der Waals surface area contributed by atoms with E-state index in [1.165, 1.54) is 11.0 Å². The molecule has 1 unspecified atom stereocenters. The third-order valence-electron chi connectivity index (χ3n) is 8.12. The monoisotopic (exact) mass is 592 g/mol. The molecule has 0 aliphatic carbocycles. The minimum absolute atomic E-state index is 0.0104. The van der Waals surface area contributed by atoms with E-state index in [0.717, 1.165) is 11.6 Å². The van der Waals surface area contributed by atoms with E-state index in [1.807, 2.05) is 48.2 Å². The molecule has 9 nitrogen and oxygen atoms in total. The lowest BCUT2D eigenvalue weighted by Crippen LogP contribution is -2.55. The molecule has 2 aromatic carbocycles. The van der Waals surface area contributed by atoms with Crippen molar-refractivity contribution >= 4 is 28.9 Å². The predicted octanol–water partition coefficient (Wildman–Crippen LogP) is 4.88. The summed E-state index contributed by atoms with van der Waals surface area (Å²) < 4.78 is 49.2. The van der Waals surface area contributed by atoms with Crippen LogP contribution in [0.5, 0.6) is 0 Å². The molecule has 0 N–H and O–H groups in total. The Morgan fingerprint density at radius 1 is 0.977 bits per heavy atom. The van der Waals surface area contributed by atoms with Crippen molar-refractivity contribution in [2.24, 2.45) is 0 Å². The highest BCUT2D eigenvalue weighted by molar-refractivity contribution is 5.79. The second kappa shape index (κ2) is 11.6. The van der Waals surface area contributed by atoms with Crippen LogP contribution in [0.1, 0.15) is 29.2 Å². The highest BCUT2D eigenvalue weighted by atomic mass is 19.4. The van der Waals surface area contributed by atoms with Crippen molar-refractivity contribution < 1.29 is 27.5 Å². The van der Waals surface area contributed by atoms with Crippen LogP contribution < -0.4 is 4.90 Å². The number of fused-ring (bicyclic) bond motifs is 2. The number of hydrogen-bond donors (Lipinski definition) is 0. The Bertz CT molecular complexity index is 1640. The van der Waals surface area contributed by atoms with E-state index in [2.05, 4.69) is 9.97 Å². The largest absolute Gasteiger partial charge is 0.445 e. The maximum atomic E-state index is 14.0. The summed E-state index contributed by atoms with van der Waals surface area (Å²) in [6.07, 6.45) is -1.76. The zero-order valence-corrected chi connectivity index (χ0v) is 23.6. The molecule has 6 rings (SSSR count). The van der Waals surface area contributed by atoms with Crippen molar-refractivity contribution in [3.05, 3.63) is 89.4 Å². The van der Waals surface area contributed by atoms with E-state index in [-0.39, 0.29) is 50.2 Å². The quantitative estimate of drug-likeness (QED) is 0.329. The smallest absolute Gasteiger partial charge is 0.416 e. The van der Waals surface area contributed by atoms with Gasteiger partial charge >= 0.3 is 12.3 Å². The van der Waals surface area contributed by atoms with E-state index in [0.29, 0.717) is 42.0 Å². The number of piperazine rings is 1. The summed E-state index contributed by atoms with van der Waals surface area (Å²) in [5.41, 5.74) is 2.82. The van der Waals surface area contributed by atoms with Crippen LogP contribution in [0.25, 0.3) is 11.2 Å². The summed E-state index contributed by atoms with van der Waals surface area (Å²) in [5.74, 6) is -0.0844. The van der Waals surface area contributed by atoms with Gasteiger partial charge in [0, 0.05) is 44.1 Å². The van der Waals surface area contributed by atoms with Gasteiger partial charge in [0.25, 0.3) is 0 Å². The van der Waals surface area contributed by atoms with Crippen LogP contribution in [0.3, 0.4) is 0 Å². The second-order valence-corrected chi connectivity index (χ2v) is 10.9. The van der Waals surface area contributed by atoms with Gasteiger partial charge < -0.3 is 24.0 Å². The lowest BCUT2D eigenvalue weighted by molar-refractivity contribution is -0.138. The molecule has 0 spiro atoms. The molecule has 0 bridgehead atoms. The number of pyridine rings is 1. The maximum absolute atomic E-state index is 14.0. The van der Waals surface area contributed by atoms with Crippen LogP contribution in [-0.2, 0) is 41.8 Å². The van der Waals surface area contributed by atoms with Gasteiger partial charge in [-0.3, -0.25) is 4.79 Å². The number of rotatable bonds is 5. The molecule has 2 aromatic heterocycles. The van der Waals surface area contributed by atoms with Gasteiger partial charge in [0.05, 0.1) is 18.4 Å². The van der Waals surface area contributed by atoms with E-state index in [1.54, 1.807) is 28.1 Å². The fraction of sp³-hybridized carbons (Fsp3) is 0.355. The molecule has 224 valence electrons. The van der Waals surface area contributed by atoms with Crippen LogP contribution in [-0.4, -0.2) is 68.6 Å². The number of anilines is 1. The molecular weight excluding hydrogens is 561 g/mol. The minimum Gasteiger partial charge on any atom is -0.445 e. The Hall–Kier alpha value is -4.61. The molecule has 1 saturated heterocycles. The fourth-order valence-electron chi connectivity index (χ4n) is 5.98. The van der Waals surface area contributed by atoms with Gasteiger partial charge in [0.15, 0.2) is 5.65 Å². The van der Waals surface area contributed by atoms with Gasteiger partial charge in [-0.05, 0) is 54.3 Å². The first-order valence-electron chi connectivity index (χ1n) is 14.2. The summed E-state index contributed by atoms with van der Waals surface area (Å²) in [6.45, 7) is 3.52. The van der Waals surface area contributed by atoms with Gasteiger partial charge in [-0.25, -0.2) is 14.8 Å². The molecule has 2 aliphatic rings. The molecule has 1 fully saturated rings. The highest BCUT2D eigenvalue weighted by Crippen LogP contribution is 2.40. The molecule has 1 atom stereocenters. The maximum Gasteiger partial charge on any atom is 0.416 e. The minimum atomic E-state index is -4.51. The number of ether oxygens (including phenoxy) is 1. The number of imidazole rings is 1. The average Bonchev–Trinajstić information content (AvgIpc) is 3.41. The summed E-state index contributed by atoms with van der Waals surface area (Å²) in [5, 5.41) is 0. The van der Waals surface area contributed by atoms with Crippen molar-refractivity contribution in [1.29, 1.82) is 0 Å². The van der Waals surface area contributed by atoms with Crippen molar-refractivity contribution in [2.45, 2.75) is 45.3 Å². The summed E-state index contributed by atoms with van der Waals surface area (Å²) >= 11 is 0. The van der Waals surface area contributed by atoms with Crippen molar-refractivity contribution in [1.82, 2.24) is 24.3 Å². The number of benzene rings is 2. The number of carbonyl (C=O) groups excluding carboxylic acids is 2. The Labute approximate surface area is 246 Å². The third-order valence-corrected chi connectivity index (χ3v) is 8.12. The predicted molar refractivity (Wildman–Crippen MR) is 153 cm³/mol. The SMILES string of the molecule is CC1CN(c2ccc(C(F)(F)F)c3c2CN(C(=O)OCc2ccccc2)CC3)CCN1C(=O)Cn1cnc2cccnc21. The Kier molecular flexibility index (Phi) is 7.68. The van der Waals surface area contributed by atoms with Gasteiger partial charge in [0.2, 0.25) is 5.91 Å². The Morgan fingerprint density at radius 2 is 1.79 bits per heavy atom. The standard InChI is InChI=1S/C31H31F3N6O3/c1-21-16-37(14-15-40(21)28(41)18-39-20-36-26-8-5-12-35-29(26)39)27-10-9-25(31(32,33)34)23-11-13-38(17-24(23)27)30(42)43-19-22-6-3-2-4-7-22/h2-10,12,20-21H,11,13-19H2,1H3. The molecular formula is C31H31F3N6O3. The Balaban J connectivity index is 1.19. The normalized spacial score (nSPS) is 17.2. The first kappa shape index (κ1) is 28.5. The zero-order valence-electron chi connectivity index (χ0n) is 23.6. The lowest BCUT2D eigenvalue weighted by atomic mass is 9.91. The van der Waals surface area contributed by atoms with Crippen molar-refractivity contribution in [2.75, 3.05) is 31.1 Å². The van der Waals surface area contributed by atoms with Crippen molar-refractivity contribution in [3.63, 3.8) is 0 Å². The van der Waals surface area contributed by atoms with Crippen LogP contribution in [0.2, 0.25) is 0 Å². The second-order valence-electron chi connectivity index (χ2n) is 10.9. The average molecular weight is 593 g/mol. The molecule has 0 radical (unpaired) electrons. The number of aromatic nitrogens is 3. The van der Waals surface area contributed by atoms with Crippen LogP contribution >= 0.6 is 0 Å².